The highest BCUT2D eigenvalue weighted by Crippen LogP contribution is 2.29. The van der Waals surface area contributed by atoms with Crippen LogP contribution in [0.3, 0.4) is 0 Å². The van der Waals surface area contributed by atoms with E-state index in [9.17, 15) is 18.0 Å². The van der Waals surface area contributed by atoms with Gasteiger partial charge in [-0.1, -0.05) is 53.7 Å². The number of halogens is 3. The van der Waals surface area contributed by atoms with Gasteiger partial charge in [0, 0.05) is 29.4 Å². The van der Waals surface area contributed by atoms with Gasteiger partial charge in [-0.05, 0) is 30.2 Å². The number of aromatic nitrogens is 3. The van der Waals surface area contributed by atoms with E-state index in [1.807, 2.05) is 42.5 Å². The average Bonchev–Trinajstić information content (AvgIpc) is 3.34. The molecular formula is C24H19F3N4O3. The molecule has 2 aromatic carbocycles. The molecule has 0 radical (unpaired) electrons. The lowest BCUT2D eigenvalue weighted by molar-refractivity contribution is -0.159. The summed E-state index contributed by atoms with van der Waals surface area (Å²) in [4.78, 5) is 19.8. The van der Waals surface area contributed by atoms with Gasteiger partial charge in [0.2, 0.25) is 5.82 Å². The zero-order valence-electron chi connectivity index (χ0n) is 18.0. The molecule has 0 fully saturated rings. The second-order valence-corrected chi connectivity index (χ2v) is 7.41. The van der Waals surface area contributed by atoms with Gasteiger partial charge in [-0.3, -0.25) is 4.98 Å². The Morgan fingerprint density at radius 3 is 2.50 bits per heavy atom. The first-order chi connectivity index (χ1) is 16.3. The number of rotatable bonds is 6. The Labute approximate surface area is 192 Å². The van der Waals surface area contributed by atoms with Crippen LogP contribution in [-0.2, 0) is 24.1 Å². The number of amides is 1. The van der Waals surface area contributed by atoms with Crippen molar-refractivity contribution in [2.45, 2.75) is 26.3 Å². The first-order valence-corrected chi connectivity index (χ1v) is 10.2. The molecule has 0 unspecified atom stereocenters. The largest absolute Gasteiger partial charge is 0.471 e. The Balaban J connectivity index is 1.29. The summed E-state index contributed by atoms with van der Waals surface area (Å²) in [5.41, 5.74) is 4.42. The molecule has 10 heteroatoms. The highest BCUT2D eigenvalue weighted by atomic mass is 19.4. The number of carbonyl (C=O) groups is 1. The number of alkyl carbamates (subject to hydrolysis) is 1. The molecule has 2 heterocycles. The van der Waals surface area contributed by atoms with Gasteiger partial charge in [0.1, 0.15) is 6.61 Å². The zero-order valence-corrected chi connectivity index (χ0v) is 18.0. The predicted molar refractivity (Wildman–Crippen MR) is 116 cm³/mol. The Kier molecular flexibility index (Phi) is 6.58. The molecular weight excluding hydrogens is 449 g/mol. The highest BCUT2D eigenvalue weighted by Gasteiger charge is 2.38. The highest BCUT2D eigenvalue weighted by molar-refractivity contribution is 5.67. The van der Waals surface area contributed by atoms with Crippen LogP contribution in [0.4, 0.5) is 18.0 Å². The van der Waals surface area contributed by atoms with Crippen molar-refractivity contribution < 1.29 is 27.2 Å². The van der Waals surface area contributed by atoms with Crippen LogP contribution in [0, 0.1) is 6.92 Å². The minimum atomic E-state index is -4.70. The Bertz CT molecular complexity index is 1270. The van der Waals surface area contributed by atoms with Crippen molar-refractivity contribution in [3.8, 4) is 22.6 Å². The summed E-state index contributed by atoms with van der Waals surface area (Å²) in [5, 5.41) is 6.02. The van der Waals surface area contributed by atoms with E-state index in [0.717, 1.165) is 27.9 Å². The molecule has 0 saturated heterocycles. The summed E-state index contributed by atoms with van der Waals surface area (Å²) in [6, 6.07) is 18.3. The number of benzene rings is 2. The minimum Gasteiger partial charge on any atom is -0.445 e. The molecule has 1 amide bonds. The summed E-state index contributed by atoms with van der Waals surface area (Å²) in [5.74, 6) is -1.57. The molecule has 0 aliphatic rings. The number of hydrogen-bond donors (Lipinski definition) is 1. The van der Waals surface area contributed by atoms with Crippen molar-refractivity contribution >= 4 is 6.09 Å². The molecule has 0 bridgehead atoms. The van der Waals surface area contributed by atoms with E-state index in [1.165, 1.54) is 0 Å². The van der Waals surface area contributed by atoms with Crippen LogP contribution in [-0.4, -0.2) is 21.2 Å². The summed E-state index contributed by atoms with van der Waals surface area (Å²) in [6.45, 7) is 2.00. The lowest BCUT2D eigenvalue weighted by atomic mass is 10.0. The van der Waals surface area contributed by atoms with E-state index >= 15 is 0 Å². The second-order valence-electron chi connectivity index (χ2n) is 7.41. The van der Waals surface area contributed by atoms with Gasteiger partial charge in [-0.2, -0.15) is 18.2 Å². The smallest absolute Gasteiger partial charge is 0.445 e. The molecule has 4 rings (SSSR count). The average molecular weight is 468 g/mol. The van der Waals surface area contributed by atoms with Crippen molar-refractivity contribution in [3.05, 3.63) is 89.4 Å². The molecule has 1 N–H and O–H groups in total. The van der Waals surface area contributed by atoms with Gasteiger partial charge in [0.05, 0.1) is 5.69 Å². The van der Waals surface area contributed by atoms with E-state index in [4.69, 9.17) is 4.74 Å². The maximum absolute atomic E-state index is 12.6. The van der Waals surface area contributed by atoms with Crippen molar-refractivity contribution in [1.82, 2.24) is 20.4 Å². The maximum Gasteiger partial charge on any atom is 0.471 e. The molecule has 0 aliphatic carbocycles. The Hall–Kier alpha value is -4.21. The first kappa shape index (κ1) is 23.0. The van der Waals surface area contributed by atoms with E-state index in [2.05, 4.69) is 25.0 Å². The van der Waals surface area contributed by atoms with Crippen LogP contribution < -0.4 is 5.32 Å². The maximum atomic E-state index is 12.6. The number of alkyl halides is 3. The first-order valence-electron chi connectivity index (χ1n) is 10.2. The summed E-state index contributed by atoms with van der Waals surface area (Å²) >= 11 is 0. The van der Waals surface area contributed by atoms with Crippen LogP contribution in [0.2, 0.25) is 0 Å². The van der Waals surface area contributed by atoms with Gasteiger partial charge in [0.25, 0.3) is 0 Å². The van der Waals surface area contributed by atoms with Crippen LogP contribution >= 0.6 is 0 Å². The number of hydrogen-bond acceptors (Lipinski definition) is 6. The molecule has 0 atom stereocenters. The molecule has 4 aromatic rings. The van der Waals surface area contributed by atoms with Crippen LogP contribution in [0.25, 0.3) is 22.6 Å². The third-order valence-electron chi connectivity index (χ3n) is 4.96. The van der Waals surface area contributed by atoms with Gasteiger partial charge >= 0.3 is 18.2 Å². The van der Waals surface area contributed by atoms with Crippen molar-refractivity contribution in [3.63, 3.8) is 0 Å². The Morgan fingerprint density at radius 1 is 1.06 bits per heavy atom. The summed E-state index contributed by atoms with van der Waals surface area (Å²) in [7, 11) is 0. The third kappa shape index (κ3) is 5.58. The molecule has 34 heavy (non-hydrogen) atoms. The monoisotopic (exact) mass is 468 g/mol. The second kappa shape index (κ2) is 9.74. The fourth-order valence-corrected chi connectivity index (χ4v) is 3.15. The summed E-state index contributed by atoms with van der Waals surface area (Å²) < 4.78 is 47.4. The number of nitrogens with one attached hydrogen (secondary N) is 1. The third-order valence-corrected chi connectivity index (χ3v) is 4.96. The molecule has 0 saturated carbocycles. The van der Waals surface area contributed by atoms with E-state index in [-0.39, 0.29) is 19.0 Å². The van der Waals surface area contributed by atoms with Crippen molar-refractivity contribution in [2.75, 3.05) is 0 Å². The lowest BCUT2D eigenvalue weighted by Crippen LogP contribution is -2.24. The van der Waals surface area contributed by atoms with E-state index < -0.39 is 18.2 Å². The zero-order chi connectivity index (χ0) is 24.1. The standard InChI is InChI=1S/C24H19F3N4O3/c1-15-11-18(21-30-22(34-31-21)24(25,26)27)8-9-19(15)13-29-23(32)33-14-16-7-10-20(28-12-16)17-5-3-2-4-6-17/h2-12H,13-14H2,1H3,(H,29,32). The van der Waals surface area contributed by atoms with E-state index in [0.29, 0.717) is 5.56 Å². The van der Waals surface area contributed by atoms with Crippen LogP contribution in [0.5, 0.6) is 0 Å². The van der Waals surface area contributed by atoms with Crippen LogP contribution in [0.1, 0.15) is 22.6 Å². The molecule has 0 aliphatic heterocycles. The number of ether oxygens (including phenoxy) is 1. The predicted octanol–water partition coefficient (Wildman–Crippen LogP) is 5.55. The fourth-order valence-electron chi connectivity index (χ4n) is 3.15. The topological polar surface area (TPSA) is 90.1 Å². The minimum absolute atomic E-state index is 0.0607. The number of pyridine rings is 1. The van der Waals surface area contributed by atoms with Gasteiger partial charge in [-0.15, -0.1) is 0 Å². The van der Waals surface area contributed by atoms with Crippen molar-refractivity contribution in [1.29, 1.82) is 0 Å². The SMILES string of the molecule is Cc1cc(-c2noc(C(F)(F)F)n2)ccc1CNC(=O)OCc1ccc(-c2ccccc2)nc1. The van der Waals surface area contributed by atoms with Crippen molar-refractivity contribution in [2.24, 2.45) is 0 Å². The number of carbonyl (C=O) groups excluding carboxylic acids is 1. The molecule has 0 spiro atoms. The van der Waals surface area contributed by atoms with Crippen LogP contribution in [0.15, 0.2) is 71.4 Å². The molecule has 174 valence electrons. The number of nitrogens with zero attached hydrogens (tertiary/aromatic N) is 3. The van der Waals surface area contributed by atoms with Gasteiger partial charge < -0.3 is 14.6 Å². The Morgan fingerprint density at radius 2 is 1.85 bits per heavy atom. The van der Waals surface area contributed by atoms with E-state index in [1.54, 1.807) is 31.3 Å². The number of aryl methyl sites for hydroxylation is 1. The quantitative estimate of drug-likeness (QED) is 0.399. The van der Waals surface area contributed by atoms with Gasteiger partial charge in [0.15, 0.2) is 0 Å². The normalized spacial score (nSPS) is 11.3. The lowest BCUT2D eigenvalue weighted by Gasteiger charge is -2.10. The van der Waals surface area contributed by atoms with Gasteiger partial charge in [-0.25, -0.2) is 4.79 Å². The summed E-state index contributed by atoms with van der Waals surface area (Å²) in [6.07, 6.45) is -3.66. The molecule has 7 nitrogen and oxygen atoms in total. The fraction of sp³-hybridized carbons (Fsp3) is 0.167. The molecule has 2 aromatic heterocycles.